The SMILES string of the molecule is CC1(C)CN(C#N)CCN1. The Morgan fingerprint density at radius 1 is 1.60 bits per heavy atom. The van der Waals surface area contributed by atoms with E-state index in [-0.39, 0.29) is 5.54 Å². The van der Waals surface area contributed by atoms with Crippen LogP contribution >= 0.6 is 0 Å². The van der Waals surface area contributed by atoms with E-state index in [2.05, 4.69) is 25.4 Å². The largest absolute Gasteiger partial charge is 0.308 e. The molecule has 10 heavy (non-hydrogen) atoms. The lowest BCUT2D eigenvalue weighted by Gasteiger charge is -2.36. The molecule has 56 valence electrons. The van der Waals surface area contributed by atoms with Crippen LogP contribution in [0, 0.1) is 11.5 Å². The van der Waals surface area contributed by atoms with Crippen molar-refractivity contribution in [1.29, 1.82) is 5.26 Å². The van der Waals surface area contributed by atoms with Crippen molar-refractivity contribution >= 4 is 0 Å². The maximum atomic E-state index is 8.57. The zero-order chi connectivity index (χ0) is 7.61. The van der Waals surface area contributed by atoms with Crippen molar-refractivity contribution in [3.8, 4) is 6.19 Å². The highest BCUT2D eigenvalue weighted by atomic mass is 15.2. The normalized spacial score (nSPS) is 23.9. The number of hydrogen-bond donors (Lipinski definition) is 1. The van der Waals surface area contributed by atoms with Crippen LogP contribution in [0.15, 0.2) is 0 Å². The molecule has 0 aromatic rings. The third kappa shape index (κ3) is 1.61. The highest BCUT2D eigenvalue weighted by molar-refractivity contribution is 4.91. The fourth-order valence-corrected chi connectivity index (χ4v) is 1.23. The smallest absolute Gasteiger partial charge is 0.179 e. The minimum Gasteiger partial charge on any atom is -0.308 e. The molecule has 0 aliphatic carbocycles. The van der Waals surface area contributed by atoms with E-state index in [1.807, 2.05) is 0 Å². The van der Waals surface area contributed by atoms with Crippen LogP contribution in [0.5, 0.6) is 0 Å². The standard InChI is InChI=1S/C7H13N3/c1-7(2)5-10(6-8)4-3-9-7/h9H,3-5H2,1-2H3. The molecule has 1 fully saturated rings. The molecule has 0 unspecified atom stereocenters. The Hall–Kier alpha value is -0.750. The predicted octanol–water partition coefficient (Wildman–Crippen LogP) is 0.151. The van der Waals surface area contributed by atoms with Gasteiger partial charge in [-0.25, -0.2) is 0 Å². The molecule has 1 aliphatic heterocycles. The van der Waals surface area contributed by atoms with Crippen LogP contribution in [0.3, 0.4) is 0 Å². The third-order valence-electron chi connectivity index (χ3n) is 1.71. The van der Waals surface area contributed by atoms with Gasteiger partial charge in [0.25, 0.3) is 0 Å². The molecule has 0 aromatic carbocycles. The van der Waals surface area contributed by atoms with Crippen LogP contribution in [-0.4, -0.2) is 30.1 Å². The molecule has 1 saturated heterocycles. The Bertz CT molecular complexity index is 157. The molecule has 3 heteroatoms. The monoisotopic (exact) mass is 139 g/mol. The van der Waals surface area contributed by atoms with Crippen LogP contribution in [0.1, 0.15) is 13.8 Å². The quantitative estimate of drug-likeness (QED) is 0.486. The van der Waals surface area contributed by atoms with Gasteiger partial charge in [-0.15, -0.1) is 0 Å². The molecule has 0 radical (unpaired) electrons. The van der Waals surface area contributed by atoms with Crippen molar-refractivity contribution in [3.63, 3.8) is 0 Å². The molecule has 1 aliphatic rings. The number of nitriles is 1. The number of nitrogens with one attached hydrogen (secondary N) is 1. The van der Waals surface area contributed by atoms with Gasteiger partial charge in [-0.2, -0.15) is 5.26 Å². The van der Waals surface area contributed by atoms with Crippen LogP contribution in [0.25, 0.3) is 0 Å². The van der Waals surface area contributed by atoms with E-state index < -0.39 is 0 Å². The molecule has 1 N–H and O–H groups in total. The van der Waals surface area contributed by atoms with Crippen molar-refractivity contribution < 1.29 is 0 Å². The molecule has 3 nitrogen and oxygen atoms in total. The topological polar surface area (TPSA) is 39.1 Å². The average Bonchev–Trinajstić information content (AvgIpc) is 1.86. The van der Waals surface area contributed by atoms with Gasteiger partial charge in [0.1, 0.15) is 0 Å². The summed E-state index contributed by atoms with van der Waals surface area (Å²) in [5, 5.41) is 11.9. The van der Waals surface area contributed by atoms with Gasteiger partial charge in [-0.05, 0) is 13.8 Å². The maximum Gasteiger partial charge on any atom is 0.179 e. The van der Waals surface area contributed by atoms with Crippen molar-refractivity contribution in [2.24, 2.45) is 0 Å². The Balaban J connectivity index is 2.49. The van der Waals surface area contributed by atoms with E-state index in [1.165, 1.54) is 0 Å². The van der Waals surface area contributed by atoms with Gasteiger partial charge in [-0.3, -0.25) is 0 Å². The summed E-state index contributed by atoms with van der Waals surface area (Å²) in [6, 6.07) is 0. The lowest BCUT2D eigenvalue weighted by molar-refractivity contribution is 0.213. The lowest BCUT2D eigenvalue weighted by Crippen LogP contribution is -2.55. The minimum atomic E-state index is 0.105. The fraction of sp³-hybridized carbons (Fsp3) is 0.857. The van der Waals surface area contributed by atoms with Crippen molar-refractivity contribution in [1.82, 2.24) is 10.2 Å². The predicted molar refractivity (Wildman–Crippen MR) is 39.3 cm³/mol. The highest BCUT2D eigenvalue weighted by Gasteiger charge is 2.24. The van der Waals surface area contributed by atoms with Crippen molar-refractivity contribution in [2.45, 2.75) is 19.4 Å². The third-order valence-corrected chi connectivity index (χ3v) is 1.71. The first-order chi connectivity index (χ1) is 4.64. The van der Waals surface area contributed by atoms with Crippen LogP contribution in [0.4, 0.5) is 0 Å². The number of piperazine rings is 1. The molecule has 0 aromatic heterocycles. The summed E-state index contributed by atoms with van der Waals surface area (Å²) in [4.78, 5) is 1.79. The zero-order valence-electron chi connectivity index (χ0n) is 6.52. The summed E-state index contributed by atoms with van der Waals surface area (Å²) in [5.41, 5.74) is 0.105. The molecule has 1 rings (SSSR count). The van der Waals surface area contributed by atoms with Gasteiger partial charge in [0, 0.05) is 25.2 Å². The average molecular weight is 139 g/mol. The second kappa shape index (κ2) is 2.47. The number of nitrogens with zero attached hydrogens (tertiary/aromatic N) is 2. The first kappa shape index (κ1) is 7.36. The summed E-state index contributed by atoms with van der Waals surface area (Å²) in [7, 11) is 0. The van der Waals surface area contributed by atoms with Crippen molar-refractivity contribution in [3.05, 3.63) is 0 Å². The van der Waals surface area contributed by atoms with Gasteiger partial charge >= 0.3 is 0 Å². The molecule has 0 amide bonds. The Labute approximate surface area is 61.6 Å². The fourth-order valence-electron chi connectivity index (χ4n) is 1.23. The maximum absolute atomic E-state index is 8.57. The minimum absolute atomic E-state index is 0.105. The van der Waals surface area contributed by atoms with E-state index >= 15 is 0 Å². The molecule has 1 heterocycles. The summed E-state index contributed by atoms with van der Waals surface area (Å²) in [5.74, 6) is 0. The van der Waals surface area contributed by atoms with Crippen molar-refractivity contribution in [2.75, 3.05) is 19.6 Å². The Kier molecular flexibility index (Phi) is 1.82. The molecular weight excluding hydrogens is 126 g/mol. The molecular formula is C7H13N3. The Morgan fingerprint density at radius 2 is 2.30 bits per heavy atom. The summed E-state index contributed by atoms with van der Waals surface area (Å²) < 4.78 is 0. The molecule has 0 saturated carbocycles. The number of rotatable bonds is 0. The molecule has 0 spiro atoms. The van der Waals surface area contributed by atoms with Gasteiger partial charge < -0.3 is 10.2 Å². The molecule has 0 atom stereocenters. The van der Waals surface area contributed by atoms with E-state index in [1.54, 1.807) is 4.90 Å². The van der Waals surface area contributed by atoms with E-state index in [0.29, 0.717) is 0 Å². The summed E-state index contributed by atoms with van der Waals surface area (Å²) in [6.07, 6.45) is 2.15. The van der Waals surface area contributed by atoms with Gasteiger partial charge in [0.05, 0.1) is 0 Å². The van der Waals surface area contributed by atoms with Gasteiger partial charge in [0.15, 0.2) is 6.19 Å². The zero-order valence-corrected chi connectivity index (χ0v) is 6.52. The number of hydrogen-bond acceptors (Lipinski definition) is 3. The van der Waals surface area contributed by atoms with E-state index in [4.69, 9.17) is 5.26 Å². The summed E-state index contributed by atoms with van der Waals surface area (Å²) >= 11 is 0. The highest BCUT2D eigenvalue weighted by Crippen LogP contribution is 2.08. The van der Waals surface area contributed by atoms with Crippen LogP contribution in [-0.2, 0) is 0 Å². The second-order valence-corrected chi connectivity index (χ2v) is 3.33. The van der Waals surface area contributed by atoms with Gasteiger partial charge in [0.2, 0.25) is 0 Å². The Morgan fingerprint density at radius 3 is 2.70 bits per heavy atom. The van der Waals surface area contributed by atoms with E-state index in [0.717, 1.165) is 19.6 Å². The van der Waals surface area contributed by atoms with Gasteiger partial charge in [-0.1, -0.05) is 0 Å². The first-order valence-electron chi connectivity index (χ1n) is 3.54. The van der Waals surface area contributed by atoms with Crippen LogP contribution in [0.2, 0.25) is 0 Å². The lowest BCUT2D eigenvalue weighted by atomic mass is 10.0. The van der Waals surface area contributed by atoms with E-state index in [9.17, 15) is 0 Å². The second-order valence-electron chi connectivity index (χ2n) is 3.33. The van der Waals surface area contributed by atoms with Crippen LogP contribution < -0.4 is 5.32 Å². The molecule has 0 bridgehead atoms. The first-order valence-corrected chi connectivity index (χ1v) is 3.54. The summed E-state index contributed by atoms with van der Waals surface area (Å²) in [6.45, 7) is 6.80.